The number of carboxylic acids is 1. The zero-order chi connectivity index (χ0) is 6.57. The Bertz CT molecular complexity index is 83.4. The fourth-order valence-corrected chi connectivity index (χ4v) is 0.635. The second-order valence-corrected chi connectivity index (χ2v) is 2.48. The van der Waals surface area contributed by atoms with Crippen molar-refractivity contribution < 1.29 is 15.0 Å². The van der Waals surface area contributed by atoms with Gasteiger partial charge in [-0.1, -0.05) is 0 Å². The Morgan fingerprint density at radius 3 is 2.38 bits per heavy atom. The molecule has 0 amide bonds. The Kier molecular flexibility index (Phi) is 4.56. The van der Waals surface area contributed by atoms with E-state index in [9.17, 15) is 4.79 Å². The molecule has 2 N–H and O–H groups in total. The van der Waals surface area contributed by atoms with Crippen molar-refractivity contribution in [2.24, 2.45) is 0 Å². The second-order valence-electron chi connectivity index (χ2n) is 1.66. The molecule has 0 saturated heterocycles. The average molecular weight is 126 g/mol. The van der Waals surface area contributed by atoms with Gasteiger partial charge in [0.15, 0.2) is 0 Å². The van der Waals surface area contributed by atoms with Crippen LogP contribution in [-0.2, 0) is 4.79 Å². The molecule has 0 spiro atoms. The van der Waals surface area contributed by atoms with Crippen LogP contribution >= 0.6 is 0 Å². The molecule has 8 heavy (non-hydrogen) atoms. The number of aliphatic carboxylic acids is 1. The molecular formula is C4H7NaO3. The van der Waals surface area contributed by atoms with Crippen LogP contribution in [0.5, 0.6) is 0 Å². The van der Waals surface area contributed by atoms with Crippen molar-refractivity contribution in [2.45, 2.75) is 16.2 Å². The van der Waals surface area contributed by atoms with Gasteiger partial charge in [0, 0.05) is 0 Å². The first kappa shape index (κ1) is 8.43. The van der Waals surface area contributed by atoms with Crippen molar-refractivity contribution >= 4 is 33.9 Å². The minimum atomic E-state index is -0.923. The summed E-state index contributed by atoms with van der Waals surface area (Å²) >= 11 is 0.865. The van der Waals surface area contributed by atoms with Crippen LogP contribution in [0.4, 0.5) is 0 Å². The zero-order valence-corrected chi connectivity index (χ0v) is 6.79. The number of aliphatic hydroxyl groups is 1. The van der Waals surface area contributed by atoms with Crippen molar-refractivity contribution in [1.82, 2.24) is 0 Å². The van der Waals surface area contributed by atoms with E-state index in [0.29, 0.717) is 3.67 Å². The fraction of sp³-hybridized carbons (Fsp3) is 0.750. The molecule has 0 aromatic carbocycles. The van der Waals surface area contributed by atoms with Crippen LogP contribution < -0.4 is 0 Å². The molecule has 1 atom stereocenters. The van der Waals surface area contributed by atoms with E-state index in [1.165, 1.54) is 0 Å². The SMILES string of the molecule is O=C(O)CC(O)[CH2][Na]. The Balaban J connectivity index is 3.24. The topological polar surface area (TPSA) is 57.5 Å². The molecule has 0 aromatic rings. The van der Waals surface area contributed by atoms with Crippen LogP contribution in [0.1, 0.15) is 6.42 Å². The first-order chi connectivity index (χ1) is 3.66. The molecule has 0 rings (SSSR count). The maximum atomic E-state index is 9.82. The third kappa shape index (κ3) is 4.59. The molecule has 0 radical (unpaired) electrons. The Morgan fingerprint density at radius 1 is 1.75 bits per heavy atom. The van der Waals surface area contributed by atoms with Crippen LogP contribution in [-0.4, -0.2) is 50.2 Å². The molecule has 0 heterocycles. The van der Waals surface area contributed by atoms with E-state index in [-0.39, 0.29) is 6.42 Å². The van der Waals surface area contributed by atoms with Gasteiger partial charge in [0.2, 0.25) is 0 Å². The maximum absolute atomic E-state index is 9.82. The molecule has 3 nitrogen and oxygen atoms in total. The average Bonchev–Trinajstić information content (AvgIpc) is 1.65. The molecule has 0 aliphatic carbocycles. The number of hydrogen-bond donors (Lipinski definition) is 2. The molecule has 42 valence electrons. The summed E-state index contributed by atoms with van der Waals surface area (Å²) in [5.41, 5.74) is 0. The van der Waals surface area contributed by atoms with Gasteiger partial charge in [0.25, 0.3) is 0 Å². The van der Waals surface area contributed by atoms with Gasteiger partial charge in [0.05, 0.1) is 0 Å². The molecule has 4 heteroatoms. The van der Waals surface area contributed by atoms with E-state index >= 15 is 0 Å². The van der Waals surface area contributed by atoms with Crippen molar-refractivity contribution in [2.75, 3.05) is 0 Å². The third-order valence-corrected chi connectivity index (χ3v) is 1.82. The molecule has 0 saturated carbocycles. The third-order valence-electron chi connectivity index (χ3n) is 0.881. The number of carbonyl (C=O) groups is 1. The first-order valence-electron chi connectivity index (χ1n) is 2.56. The van der Waals surface area contributed by atoms with Crippen LogP contribution in [0.25, 0.3) is 0 Å². The predicted octanol–water partition coefficient (Wildman–Crippen LogP) is -0.591. The monoisotopic (exact) mass is 126 g/mol. The van der Waals surface area contributed by atoms with E-state index in [2.05, 4.69) is 0 Å². The minimum absolute atomic E-state index is 0.108. The van der Waals surface area contributed by atoms with E-state index in [4.69, 9.17) is 10.2 Å². The van der Waals surface area contributed by atoms with E-state index in [0.717, 1.165) is 27.9 Å². The molecule has 0 fully saturated rings. The summed E-state index contributed by atoms with van der Waals surface area (Å²) in [7, 11) is 0. The van der Waals surface area contributed by atoms with E-state index < -0.39 is 12.1 Å². The van der Waals surface area contributed by atoms with Gasteiger partial charge in [-0.3, -0.25) is 0 Å². The van der Waals surface area contributed by atoms with Gasteiger partial charge < -0.3 is 0 Å². The van der Waals surface area contributed by atoms with Crippen molar-refractivity contribution in [3.8, 4) is 0 Å². The molecule has 0 aromatic heterocycles. The quantitative estimate of drug-likeness (QED) is 0.497. The zero-order valence-electron chi connectivity index (χ0n) is 4.79. The van der Waals surface area contributed by atoms with Gasteiger partial charge >= 0.3 is 65.1 Å². The first-order valence-corrected chi connectivity index (χ1v) is 3.98. The number of rotatable bonds is 3. The van der Waals surface area contributed by atoms with Crippen LogP contribution in [0.15, 0.2) is 0 Å². The van der Waals surface area contributed by atoms with Gasteiger partial charge in [-0.15, -0.1) is 0 Å². The predicted molar refractivity (Wildman–Crippen MR) is 28.8 cm³/mol. The van der Waals surface area contributed by atoms with Crippen LogP contribution in [0, 0.1) is 0 Å². The standard InChI is InChI=1S/C4H7O3.Na/c1-3(5)2-4(6)7;/h3,5H,1-2H2,(H,6,7);. The van der Waals surface area contributed by atoms with Crippen LogP contribution in [0.2, 0.25) is 3.67 Å². The van der Waals surface area contributed by atoms with Gasteiger partial charge in [-0.25, -0.2) is 0 Å². The summed E-state index contributed by atoms with van der Waals surface area (Å²) in [5, 5.41) is 16.8. The van der Waals surface area contributed by atoms with E-state index in [1.54, 1.807) is 0 Å². The Labute approximate surface area is 65.1 Å². The van der Waals surface area contributed by atoms with Gasteiger partial charge in [0.1, 0.15) is 0 Å². The molecule has 0 bridgehead atoms. The number of hydrogen-bond acceptors (Lipinski definition) is 2. The van der Waals surface area contributed by atoms with E-state index in [1.807, 2.05) is 0 Å². The molecule has 0 aliphatic rings. The molecular weight excluding hydrogens is 119 g/mol. The van der Waals surface area contributed by atoms with Crippen molar-refractivity contribution in [3.05, 3.63) is 0 Å². The summed E-state index contributed by atoms with van der Waals surface area (Å²) < 4.78 is 0.645. The summed E-state index contributed by atoms with van der Waals surface area (Å²) in [6.45, 7) is 0. The molecule has 1 unspecified atom stereocenters. The summed E-state index contributed by atoms with van der Waals surface area (Å²) in [4.78, 5) is 9.82. The van der Waals surface area contributed by atoms with Crippen molar-refractivity contribution in [3.63, 3.8) is 0 Å². The fourth-order valence-electron chi connectivity index (χ4n) is 0.346. The summed E-state index contributed by atoms with van der Waals surface area (Å²) in [6.07, 6.45) is -0.720. The van der Waals surface area contributed by atoms with Crippen molar-refractivity contribution in [1.29, 1.82) is 0 Å². The number of aliphatic hydroxyl groups excluding tert-OH is 1. The summed E-state index contributed by atoms with van der Waals surface area (Å²) in [6, 6.07) is 0. The Hall–Kier alpha value is 0.430. The summed E-state index contributed by atoms with van der Waals surface area (Å²) in [5.74, 6) is -0.923. The normalized spacial score (nSPS) is 13.4. The number of carboxylic acid groups (broad SMARTS) is 1. The van der Waals surface area contributed by atoms with Gasteiger partial charge in [-0.2, -0.15) is 0 Å². The van der Waals surface area contributed by atoms with Gasteiger partial charge in [-0.05, 0) is 0 Å². The van der Waals surface area contributed by atoms with Crippen LogP contribution in [0.3, 0.4) is 0 Å². The second kappa shape index (κ2) is 4.32. The molecule has 0 aliphatic heterocycles. The Morgan fingerprint density at radius 2 is 2.25 bits per heavy atom.